The molecule has 1 aliphatic heterocycles. The highest BCUT2D eigenvalue weighted by atomic mass is 16.6. The lowest BCUT2D eigenvalue weighted by Crippen LogP contribution is -2.33. The predicted octanol–water partition coefficient (Wildman–Crippen LogP) is 3.73. The monoisotopic (exact) mass is 289 g/mol. The minimum absolute atomic E-state index is 0.563. The summed E-state index contributed by atoms with van der Waals surface area (Å²) in [5, 5.41) is 3.62. The maximum absolute atomic E-state index is 5.75. The second-order valence-electron chi connectivity index (χ2n) is 6.62. The maximum Gasteiger partial charge on any atom is 0.161 e. The van der Waals surface area contributed by atoms with Crippen LogP contribution in [0.1, 0.15) is 51.0 Å². The van der Waals surface area contributed by atoms with Crippen LogP contribution in [0.2, 0.25) is 0 Å². The fourth-order valence-corrected chi connectivity index (χ4v) is 3.57. The zero-order chi connectivity index (χ0) is 14.7. The van der Waals surface area contributed by atoms with Crippen molar-refractivity contribution in [2.24, 2.45) is 5.92 Å². The van der Waals surface area contributed by atoms with E-state index >= 15 is 0 Å². The first-order valence-corrected chi connectivity index (χ1v) is 8.37. The first-order valence-electron chi connectivity index (χ1n) is 8.37. The van der Waals surface area contributed by atoms with Gasteiger partial charge in [0.1, 0.15) is 13.2 Å². The van der Waals surface area contributed by atoms with Crippen molar-refractivity contribution in [3.8, 4) is 11.5 Å². The van der Waals surface area contributed by atoms with Crippen molar-refractivity contribution >= 4 is 0 Å². The number of nitrogens with one attached hydrogen (secondary N) is 1. The molecule has 1 aromatic carbocycles. The molecular weight excluding hydrogens is 262 g/mol. The summed E-state index contributed by atoms with van der Waals surface area (Å²) in [4.78, 5) is 0. The molecule has 21 heavy (non-hydrogen) atoms. The van der Waals surface area contributed by atoms with Gasteiger partial charge in [0.25, 0.3) is 0 Å². The fraction of sp³-hybridized carbons (Fsp3) is 0.667. The van der Waals surface area contributed by atoms with Gasteiger partial charge in [0.2, 0.25) is 0 Å². The van der Waals surface area contributed by atoms with Gasteiger partial charge in [-0.2, -0.15) is 0 Å². The minimum atomic E-state index is 0.563. The van der Waals surface area contributed by atoms with Crippen molar-refractivity contribution in [3.63, 3.8) is 0 Å². The van der Waals surface area contributed by atoms with E-state index < -0.39 is 0 Å². The number of rotatable bonds is 4. The van der Waals surface area contributed by atoms with Gasteiger partial charge in [0, 0.05) is 6.04 Å². The van der Waals surface area contributed by atoms with Crippen LogP contribution in [-0.4, -0.2) is 25.8 Å². The van der Waals surface area contributed by atoms with Crippen LogP contribution >= 0.6 is 0 Å². The Kier molecular flexibility index (Phi) is 4.69. The van der Waals surface area contributed by atoms with Crippen LogP contribution in [0.3, 0.4) is 0 Å². The third kappa shape index (κ3) is 3.52. The minimum Gasteiger partial charge on any atom is -0.486 e. The molecule has 3 heteroatoms. The fourth-order valence-electron chi connectivity index (χ4n) is 3.57. The van der Waals surface area contributed by atoms with Crippen LogP contribution in [0.5, 0.6) is 11.5 Å². The van der Waals surface area contributed by atoms with Crippen LogP contribution in [0.15, 0.2) is 18.2 Å². The molecule has 1 heterocycles. The number of hydrogen-bond acceptors (Lipinski definition) is 3. The molecule has 0 bridgehead atoms. The molecule has 116 valence electrons. The molecule has 0 saturated heterocycles. The van der Waals surface area contributed by atoms with Crippen LogP contribution in [0.25, 0.3) is 0 Å². The molecule has 1 N–H and O–H groups in total. The van der Waals surface area contributed by atoms with Crippen molar-refractivity contribution in [2.75, 3.05) is 19.8 Å². The third-order valence-corrected chi connectivity index (χ3v) is 4.69. The Balaban J connectivity index is 1.76. The largest absolute Gasteiger partial charge is 0.486 e. The van der Waals surface area contributed by atoms with E-state index in [2.05, 4.69) is 37.4 Å². The molecule has 0 aromatic heterocycles. The van der Waals surface area contributed by atoms with Gasteiger partial charge in [-0.3, -0.25) is 0 Å². The summed E-state index contributed by atoms with van der Waals surface area (Å²) in [5.41, 5.74) is 1.43. The molecule has 3 rings (SSSR count). The SMILES string of the molecule is CC(C)NCC1CCCCC1c1ccc2c(c1)OCCO2. The molecule has 0 amide bonds. The molecule has 1 saturated carbocycles. The van der Waals surface area contributed by atoms with Gasteiger partial charge in [-0.25, -0.2) is 0 Å². The van der Waals surface area contributed by atoms with Crippen molar-refractivity contribution in [3.05, 3.63) is 23.8 Å². The summed E-state index contributed by atoms with van der Waals surface area (Å²) < 4.78 is 11.4. The van der Waals surface area contributed by atoms with Gasteiger partial charge in [-0.05, 0) is 48.9 Å². The summed E-state index contributed by atoms with van der Waals surface area (Å²) in [6.07, 6.45) is 5.34. The molecule has 0 radical (unpaired) electrons. The summed E-state index contributed by atoms with van der Waals surface area (Å²) >= 11 is 0. The van der Waals surface area contributed by atoms with Gasteiger partial charge in [-0.1, -0.05) is 32.8 Å². The highest BCUT2D eigenvalue weighted by Gasteiger charge is 2.27. The zero-order valence-electron chi connectivity index (χ0n) is 13.2. The van der Waals surface area contributed by atoms with Gasteiger partial charge in [0.15, 0.2) is 11.5 Å². The van der Waals surface area contributed by atoms with E-state index in [-0.39, 0.29) is 0 Å². The molecule has 3 nitrogen and oxygen atoms in total. The Labute approximate surface area is 128 Å². The van der Waals surface area contributed by atoms with E-state index in [9.17, 15) is 0 Å². The smallest absolute Gasteiger partial charge is 0.161 e. The molecule has 2 unspecified atom stereocenters. The summed E-state index contributed by atoms with van der Waals surface area (Å²) in [6.45, 7) is 6.90. The first kappa shape index (κ1) is 14.7. The zero-order valence-corrected chi connectivity index (χ0v) is 13.2. The second-order valence-corrected chi connectivity index (χ2v) is 6.62. The van der Waals surface area contributed by atoms with E-state index in [1.54, 1.807) is 0 Å². The third-order valence-electron chi connectivity index (χ3n) is 4.69. The number of benzene rings is 1. The Morgan fingerprint density at radius 3 is 2.67 bits per heavy atom. The average Bonchev–Trinajstić information content (AvgIpc) is 2.52. The molecule has 2 aliphatic rings. The average molecular weight is 289 g/mol. The lowest BCUT2D eigenvalue weighted by molar-refractivity contribution is 0.171. The highest BCUT2D eigenvalue weighted by Crippen LogP contribution is 2.41. The van der Waals surface area contributed by atoms with Gasteiger partial charge >= 0.3 is 0 Å². The lowest BCUT2D eigenvalue weighted by Gasteiger charge is -2.33. The number of ether oxygens (including phenoxy) is 2. The van der Waals surface area contributed by atoms with Gasteiger partial charge < -0.3 is 14.8 Å². The molecule has 1 aromatic rings. The quantitative estimate of drug-likeness (QED) is 0.916. The van der Waals surface area contributed by atoms with E-state index in [0.717, 1.165) is 24.0 Å². The molecule has 1 fully saturated rings. The van der Waals surface area contributed by atoms with E-state index in [0.29, 0.717) is 25.2 Å². The highest BCUT2D eigenvalue weighted by molar-refractivity contribution is 5.45. The van der Waals surface area contributed by atoms with Crippen LogP contribution in [0.4, 0.5) is 0 Å². The normalized spacial score (nSPS) is 25.1. The summed E-state index contributed by atoms with van der Waals surface area (Å²) in [5.74, 6) is 3.22. The second kappa shape index (κ2) is 6.69. The van der Waals surface area contributed by atoms with E-state index in [1.165, 1.54) is 31.2 Å². The van der Waals surface area contributed by atoms with Crippen molar-refractivity contribution in [2.45, 2.75) is 51.5 Å². The Morgan fingerprint density at radius 2 is 1.86 bits per heavy atom. The van der Waals surface area contributed by atoms with Crippen LogP contribution in [-0.2, 0) is 0 Å². The molecule has 2 atom stereocenters. The van der Waals surface area contributed by atoms with Crippen molar-refractivity contribution < 1.29 is 9.47 Å². The molecular formula is C18H27NO2. The van der Waals surface area contributed by atoms with Crippen LogP contribution in [0, 0.1) is 5.92 Å². The first-order chi connectivity index (χ1) is 10.2. The van der Waals surface area contributed by atoms with Crippen molar-refractivity contribution in [1.29, 1.82) is 0 Å². The number of fused-ring (bicyclic) bond motifs is 1. The number of hydrogen-bond donors (Lipinski definition) is 1. The van der Waals surface area contributed by atoms with E-state index in [1.807, 2.05) is 0 Å². The van der Waals surface area contributed by atoms with Crippen molar-refractivity contribution in [1.82, 2.24) is 5.32 Å². The standard InChI is InChI=1S/C18H27NO2/c1-13(2)19-12-15-5-3-4-6-16(15)14-7-8-17-18(11-14)21-10-9-20-17/h7-8,11,13,15-16,19H,3-6,9-10,12H2,1-2H3. The van der Waals surface area contributed by atoms with Gasteiger partial charge in [-0.15, -0.1) is 0 Å². The Morgan fingerprint density at radius 1 is 1.10 bits per heavy atom. The predicted molar refractivity (Wildman–Crippen MR) is 85.3 cm³/mol. The van der Waals surface area contributed by atoms with Crippen LogP contribution < -0.4 is 14.8 Å². The van der Waals surface area contributed by atoms with Gasteiger partial charge in [0.05, 0.1) is 0 Å². The van der Waals surface area contributed by atoms with E-state index in [4.69, 9.17) is 9.47 Å². The Hall–Kier alpha value is -1.22. The molecule has 0 spiro atoms. The maximum atomic E-state index is 5.75. The Bertz CT molecular complexity index is 472. The summed E-state index contributed by atoms with van der Waals surface area (Å²) in [6, 6.07) is 7.11. The summed E-state index contributed by atoms with van der Waals surface area (Å²) in [7, 11) is 0. The topological polar surface area (TPSA) is 30.5 Å². The molecule has 1 aliphatic carbocycles. The lowest BCUT2D eigenvalue weighted by atomic mass is 9.75.